The molecule has 5 heteroatoms. The van der Waals surface area contributed by atoms with Gasteiger partial charge in [-0.2, -0.15) is 0 Å². The summed E-state index contributed by atoms with van der Waals surface area (Å²) in [5.74, 6) is 0.211. The number of hydrogen-bond acceptors (Lipinski definition) is 5. The standard InChI is InChI=1S/C20H24O5/c1-13-17(22)15(11-12-16(21)14-9-7-6-8-10-14)18(23-3)19(24-4)20(13,2)25-5/h6-13,21H,1-5H3. The van der Waals surface area contributed by atoms with E-state index in [0.29, 0.717) is 22.7 Å². The second-order valence-corrected chi connectivity index (χ2v) is 5.96. The molecule has 2 rings (SSSR count). The van der Waals surface area contributed by atoms with Gasteiger partial charge in [0.05, 0.1) is 25.7 Å². The van der Waals surface area contributed by atoms with E-state index in [4.69, 9.17) is 14.2 Å². The van der Waals surface area contributed by atoms with E-state index >= 15 is 0 Å². The number of benzene rings is 1. The average Bonchev–Trinajstić information content (AvgIpc) is 2.65. The highest BCUT2D eigenvalue weighted by atomic mass is 16.5. The van der Waals surface area contributed by atoms with E-state index in [1.54, 1.807) is 32.1 Å². The van der Waals surface area contributed by atoms with E-state index in [9.17, 15) is 9.90 Å². The molecule has 0 spiro atoms. The van der Waals surface area contributed by atoms with Gasteiger partial charge in [0, 0.05) is 12.7 Å². The van der Waals surface area contributed by atoms with Gasteiger partial charge in [0.1, 0.15) is 11.4 Å². The van der Waals surface area contributed by atoms with Crippen molar-refractivity contribution in [2.45, 2.75) is 19.4 Å². The summed E-state index contributed by atoms with van der Waals surface area (Å²) in [6.45, 7) is 3.58. The number of aliphatic hydroxyl groups is 1. The maximum Gasteiger partial charge on any atom is 0.172 e. The largest absolute Gasteiger partial charge is 0.507 e. The van der Waals surface area contributed by atoms with Crippen LogP contribution in [0.5, 0.6) is 0 Å². The number of ether oxygens (including phenoxy) is 3. The highest BCUT2D eigenvalue weighted by Gasteiger charge is 2.49. The van der Waals surface area contributed by atoms with Gasteiger partial charge in [-0.15, -0.1) is 0 Å². The van der Waals surface area contributed by atoms with Crippen LogP contribution in [0.25, 0.3) is 5.76 Å². The molecule has 134 valence electrons. The molecule has 5 nitrogen and oxygen atoms in total. The molecular formula is C20H24O5. The SMILES string of the molecule is COC1=C(OC)C(C)(OC)C(C)C(=O)C1=CC=C(O)c1ccccc1. The number of aliphatic hydroxyl groups excluding tert-OH is 1. The minimum absolute atomic E-state index is 0.0584. The lowest BCUT2D eigenvalue weighted by Crippen LogP contribution is -2.47. The summed E-state index contributed by atoms with van der Waals surface area (Å²) in [6, 6.07) is 9.09. The van der Waals surface area contributed by atoms with Crippen LogP contribution in [0.2, 0.25) is 0 Å². The van der Waals surface area contributed by atoms with Crippen molar-refractivity contribution in [1.29, 1.82) is 0 Å². The summed E-state index contributed by atoms with van der Waals surface area (Å²) in [7, 11) is 4.53. The lowest BCUT2D eigenvalue weighted by Gasteiger charge is -2.39. The molecular weight excluding hydrogens is 320 g/mol. The summed E-state index contributed by atoms with van der Waals surface area (Å²) in [6.07, 6.45) is 3.03. The van der Waals surface area contributed by atoms with Gasteiger partial charge in [0.2, 0.25) is 0 Å². The van der Waals surface area contributed by atoms with Gasteiger partial charge in [-0.3, -0.25) is 4.79 Å². The van der Waals surface area contributed by atoms with E-state index in [1.807, 2.05) is 18.2 Å². The zero-order valence-electron chi connectivity index (χ0n) is 15.2. The Kier molecular flexibility index (Phi) is 5.69. The molecule has 0 bridgehead atoms. The van der Waals surface area contributed by atoms with Crippen molar-refractivity contribution in [2.24, 2.45) is 5.92 Å². The Morgan fingerprint density at radius 3 is 2.32 bits per heavy atom. The van der Waals surface area contributed by atoms with Crippen molar-refractivity contribution >= 4 is 11.5 Å². The van der Waals surface area contributed by atoms with Crippen molar-refractivity contribution in [3.8, 4) is 0 Å². The third-order valence-corrected chi connectivity index (χ3v) is 4.70. The fourth-order valence-corrected chi connectivity index (χ4v) is 2.93. The minimum Gasteiger partial charge on any atom is -0.507 e. The summed E-state index contributed by atoms with van der Waals surface area (Å²) in [5.41, 5.74) is 0.0795. The Balaban J connectivity index is 2.55. The number of carbonyl (C=O) groups is 1. The molecule has 0 saturated carbocycles. The predicted molar refractivity (Wildman–Crippen MR) is 95.8 cm³/mol. The van der Waals surface area contributed by atoms with Gasteiger partial charge in [0.15, 0.2) is 17.3 Å². The first-order valence-corrected chi connectivity index (χ1v) is 7.99. The molecule has 25 heavy (non-hydrogen) atoms. The van der Waals surface area contributed by atoms with Crippen molar-refractivity contribution in [1.82, 2.24) is 0 Å². The maximum absolute atomic E-state index is 12.9. The van der Waals surface area contributed by atoms with Crippen molar-refractivity contribution in [3.05, 3.63) is 65.1 Å². The molecule has 2 unspecified atom stereocenters. The number of allylic oxidation sites excluding steroid dienone is 3. The number of Topliss-reactive ketones (excluding diaryl/α,β-unsaturated/α-hetero) is 1. The van der Waals surface area contributed by atoms with Crippen molar-refractivity contribution in [2.75, 3.05) is 21.3 Å². The van der Waals surface area contributed by atoms with Gasteiger partial charge in [0.25, 0.3) is 0 Å². The third kappa shape index (κ3) is 3.33. The molecule has 0 aliphatic heterocycles. The van der Waals surface area contributed by atoms with Crippen LogP contribution in [0.1, 0.15) is 19.4 Å². The van der Waals surface area contributed by atoms with Gasteiger partial charge < -0.3 is 19.3 Å². The molecule has 0 fully saturated rings. The van der Waals surface area contributed by atoms with Crippen LogP contribution >= 0.6 is 0 Å². The van der Waals surface area contributed by atoms with Gasteiger partial charge in [-0.05, 0) is 19.1 Å². The molecule has 0 saturated heterocycles. The topological polar surface area (TPSA) is 65.0 Å². The maximum atomic E-state index is 12.9. The smallest absolute Gasteiger partial charge is 0.172 e. The van der Waals surface area contributed by atoms with Crippen LogP contribution in [0, 0.1) is 5.92 Å². The number of rotatable bonds is 5. The van der Waals surface area contributed by atoms with Crippen LogP contribution in [0.15, 0.2) is 59.6 Å². The van der Waals surface area contributed by atoms with Gasteiger partial charge >= 0.3 is 0 Å². The molecule has 0 radical (unpaired) electrons. The second kappa shape index (κ2) is 7.57. The summed E-state index contributed by atoms with van der Waals surface area (Å²) in [4.78, 5) is 12.9. The zero-order chi connectivity index (χ0) is 18.6. The lowest BCUT2D eigenvalue weighted by molar-refractivity contribution is -0.131. The summed E-state index contributed by atoms with van der Waals surface area (Å²) >= 11 is 0. The Labute approximate surface area is 148 Å². The second-order valence-electron chi connectivity index (χ2n) is 5.96. The first kappa shape index (κ1) is 18.8. The molecule has 1 aromatic rings. The Morgan fingerprint density at radius 1 is 1.16 bits per heavy atom. The highest BCUT2D eigenvalue weighted by molar-refractivity contribution is 6.03. The van der Waals surface area contributed by atoms with E-state index < -0.39 is 11.5 Å². The van der Waals surface area contributed by atoms with E-state index in [-0.39, 0.29) is 11.5 Å². The van der Waals surface area contributed by atoms with E-state index in [2.05, 4.69) is 0 Å². The molecule has 1 N–H and O–H groups in total. The minimum atomic E-state index is -0.917. The van der Waals surface area contributed by atoms with Crippen LogP contribution in [-0.2, 0) is 19.0 Å². The zero-order valence-corrected chi connectivity index (χ0v) is 15.2. The Bertz CT molecular complexity index is 730. The molecule has 1 aliphatic carbocycles. The normalized spacial score (nSPS) is 26.1. The van der Waals surface area contributed by atoms with E-state index in [1.165, 1.54) is 27.4 Å². The molecule has 0 amide bonds. The molecule has 2 atom stereocenters. The molecule has 0 heterocycles. The fraction of sp³-hybridized carbons (Fsp3) is 0.350. The number of ketones is 1. The first-order valence-electron chi connectivity index (χ1n) is 7.99. The number of methoxy groups -OCH3 is 3. The van der Waals surface area contributed by atoms with Crippen LogP contribution in [-0.4, -0.2) is 37.8 Å². The summed E-state index contributed by atoms with van der Waals surface area (Å²) < 4.78 is 16.5. The summed E-state index contributed by atoms with van der Waals surface area (Å²) in [5, 5.41) is 10.2. The Hall–Kier alpha value is -2.53. The highest BCUT2D eigenvalue weighted by Crippen LogP contribution is 2.41. The first-order chi connectivity index (χ1) is 11.9. The van der Waals surface area contributed by atoms with Crippen molar-refractivity contribution in [3.63, 3.8) is 0 Å². The van der Waals surface area contributed by atoms with Crippen LogP contribution in [0.4, 0.5) is 0 Å². The molecule has 0 aromatic heterocycles. The van der Waals surface area contributed by atoms with Crippen LogP contribution in [0.3, 0.4) is 0 Å². The monoisotopic (exact) mass is 344 g/mol. The van der Waals surface area contributed by atoms with Gasteiger partial charge in [-0.25, -0.2) is 0 Å². The average molecular weight is 344 g/mol. The fourth-order valence-electron chi connectivity index (χ4n) is 2.93. The van der Waals surface area contributed by atoms with Crippen molar-refractivity contribution < 1.29 is 24.1 Å². The number of carbonyl (C=O) groups excluding carboxylic acids is 1. The van der Waals surface area contributed by atoms with Gasteiger partial charge in [-0.1, -0.05) is 37.3 Å². The molecule has 1 aromatic carbocycles. The van der Waals surface area contributed by atoms with E-state index in [0.717, 1.165) is 0 Å². The quantitative estimate of drug-likeness (QED) is 0.652. The third-order valence-electron chi connectivity index (χ3n) is 4.70. The Morgan fingerprint density at radius 2 is 1.80 bits per heavy atom. The molecule has 1 aliphatic rings. The lowest BCUT2D eigenvalue weighted by atomic mass is 9.76. The van der Waals surface area contributed by atoms with Crippen LogP contribution < -0.4 is 0 Å². The predicted octanol–water partition coefficient (Wildman–Crippen LogP) is 3.64. The number of hydrogen-bond donors (Lipinski definition) is 1.